The van der Waals surface area contributed by atoms with Crippen molar-refractivity contribution in [2.75, 3.05) is 32.7 Å². The van der Waals surface area contributed by atoms with Crippen molar-refractivity contribution in [2.45, 2.75) is 45.4 Å². The third kappa shape index (κ3) is 5.80. The van der Waals surface area contributed by atoms with E-state index in [2.05, 4.69) is 12.2 Å². The van der Waals surface area contributed by atoms with Crippen LogP contribution in [0.3, 0.4) is 0 Å². The van der Waals surface area contributed by atoms with Gasteiger partial charge in [0.2, 0.25) is 0 Å². The number of nitrogens with two attached hydrogens (primary N) is 1. The molecular weight excluding hydrogens is 292 g/mol. The van der Waals surface area contributed by atoms with Gasteiger partial charge in [0.1, 0.15) is 0 Å². The molecule has 0 aromatic rings. The van der Waals surface area contributed by atoms with E-state index in [1.165, 1.54) is 4.31 Å². The first-order chi connectivity index (χ1) is 10.00. The van der Waals surface area contributed by atoms with E-state index in [9.17, 15) is 13.2 Å². The van der Waals surface area contributed by atoms with Gasteiger partial charge < -0.3 is 11.1 Å². The van der Waals surface area contributed by atoms with Crippen molar-refractivity contribution in [1.29, 1.82) is 0 Å². The fourth-order valence-electron chi connectivity index (χ4n) is 2.38. The van der Waals surface area contributed by atoms with E-state index in [1.807, 2.05) is 0 Å². The molecule has 1 heterocycles. The molecule has 0 radical (unpaired) electrons. The number of amides is 2. The van der Waals surface area contributed by atoms with Gasteiger partial charge in [0, 0.05) is 19.6 Å². The monoisotopic (exact) mass is 320 g/mol. The summed E-state index contributed by atoms with van der Waals surface area (Å²) in [6, 6.07) is -0.907. The SMILES string of the molecule is CCCCCNCCN(C(N)=O)S(=O)(=O)N1CCCCC1. The Morgan fingerprint density at radius 1 is 1.19 bits per heavy atom. The van der Waals surface area contributed by atoms with Gasteiger partial charge in [-0.25, -0.2) is 9.10 Å². The van der Waals surface area contributed by atoms with Crippen LogP contribution in [0.25, 0.3) is 0 Å². The number of carbonyl (C=O) groups excluding carboxylic acids is 1. The Hall–Kier alpha value is -0.860. The second-order valence-corrected chi connectivity index (χ2v) is 7.19. The second-order valence-electron chi connectivity index (χ2n) is 5.33. The molecule has 21 heavy (non-hydrogen) atoms. The molecule has 1 fully saturated rings. The summed E-state index contributed by atoms with van der Waals surface area (Å²) in [5.74, 6) is 0. The van der Waals surface area contributed by atoms with Crippen LogP contribution in [0, 0.1) is 0 Å². The Morgan fingerprint density at radius 3 is 2.43 bits per heavy atom. The quantitative estimate of drug-likeness (QED) is 0.616. The molecule has 0 spiro atoms. The van der Waals surface area contributed by atoms with Crippen molar-refractivity contribution in [2.24, 2.45) is 5.73 Å². The summed E-state index contributed by atoms with van der Waals surface area (Å²) in [5, 5.41) is 3.15. The number of nitrogens with zero attached hydrogens (tertiary/aromatic N) is 2. The Bertz CT molecular complexity index is 408. The maximum absolute atomic E-state index is 12.4. The first-order valence-electron chi connectivity index (χ1n) is 7.78. The van der Waals surface area contributed by atoms with Crippen LogP contribution in [0.5, 0.6) is 0 Å². The van der Waals surface area contributed by atoms with Gasteiger partial charge in [-0.3, -0.25) is 0 Å². The van der Waals surface area contributed by atoms with E-state index in [0.717, 1.165) is 49.4 Å². The Kier molecular flexibility index (Phi) is 7.98. The maximum Gasteiger partial charge on any atom is 0.329 e. The minimum absolute atomic E-state index is 0.0836. The molecule has 0 aromatic carbocycles. The molecule has 3 N–H and O–H groups in total. The molecule has 1 aliphatic rings. The van der Waals surface area contributed by atoms with Crippen LogP contribution in [0.15, 0.2) is 0 Å². The number of hydrogen-bond donors (Lipinski definition) is 2. The van der Waals surface area contributed by atoms with Crippen LogP contribution in [0.4, 0.5) is 4.79 Å². The first kappa shape index (κ1) is 18.2. The van der Waals surface area contributed by atoms with E-state index >= 15 is 0 Å². The molecule has 0 saturated carbocycles. The zero-order valence-corrected chi connectivity index (χ0v) is 13.7. The van der Waals surface area contributed by atoms with Gasteiger partial charge in [-0.15, -0.1) is 0 Å². The molecule has 124 valence electrons. The van der Waals surface area contributed by atoms with Crippen LogP contribution in [-0.4, -0.2) is 55.8 Å². The average Bonchev–Trinajstić information content (AvgIpc) is 2.46. The summed E-state index contributed by atoms with van der Waals surface area (Å²) in [6.45, 7) is 4.40. The molecule has 1 saturated heterocycles. The van der Waals surface area contributed by atoms with E-state index in [0.29, 0.717) is 19.6 Å². The lowest BCUT2D eigenvalue weighted by Gasteiger charge is -2.31. The molecule has 1 aliphatic heterocycles. The van der Waals surface area contributed by atoms with Gasteiger partial charge in [0.15, 0.2) is 0 Å². The van der Waals surface area contributed by atoms with E-state index in [-0.39, 0.29) is 6.54 Å². The summed E-state index contributed by atoms with van der Waals surface area (Å²) < 4.78 is 27.0. The number of rotatable bonds is 9. The first-order valence-corrected chi connectivity index (χ1v) is 9.17. The number of primary amides is 1. The van der Waals surface area contributed by atoms with Crippen LogP contribution in [-0.2, 0) is 10.2 Å². The Labute approximate surface area is 128 Å². The number of carbonyl (C=O) groups is 1. The van der Waals surface area contributed by atoms with Crippen molar-refractivity contribution in [1.82, 2.24) is 13.9 Å². The lowest BCUT2D eigenvalue weighted by Crippen LogP contribution is -2.52. The predicted octanol–water partition coefficient (Wildman–Crippen LogP) is 0.878. The molecule has 1 rings (SSSR count). The fourth-order valence-corrected chi connectivity index (χ4v) is 3.93. The summed E-state index contributed by atoms with van der Waals surface area (Å²) >= 11 is 0. The number of urea groups is 1. The third-order valence-electron chi connectivity index (χ3n) is 3.61. The molecule has 7 nitrogen and oxygen atoms in total. The van der Waals surface area contributed by atoms with Gasteiger partial charge in [0.25, 0.3) is 0 Å². The van der Waals surface area contributed by atoms with Gasteiger partial charge >= 0.3 is 16.2 Å². The Balaban J connectivity index is 2.49. The van der Waals surface area contributed by atoms with Gasteiger partial charge in [-0.2, -0.15) is 12.7 Å². The highest BCUT2D eigenvalue weighted by atomic mass is 32.2. The number of piperidine rings is 1. The molecule has 0 atom stereocenters. The minimum atomic E-state index is -3.77. The van der Waals surface area contributed by atoms with Crippen molar-refractivity contribution in [3.05, 3.63) is 0 Å². The maximum atomic E-state index is 12.4. The number of nitrogens with one attached hydrogen (secondary N) is 1. The number of unbranched alkanes of at least 4 members (excludes halogenated alkanes) is 2. The molecule has 0 bridgehead atoms. The Morgan fingerprint density at radius 2 is 1.86 bits per heavy atom. The smallest absolute Gasteiger partial charge is 0.329 e. The topological polar surface area (TPSA) is 95.7 Å². The standard InChI is InChI=1S/C13H28N4O3S/c1-2-3-5-8-15-9-12-17(13(14)18)21(19,20)16-10-6-4-7-11-16/h15H,2-12H2,1H3,(H2,14,18). The normalized spacial score (nSPS) is 16.8. The summed E-state index contributed by atoms with van der Waals surface area (Å²) in [5.41, 5.74) is 5.25. The minimum Gasteiger partial charge on any atom is -0.351 e. The summed E-state index contributed by atoms with van der Waals surface area (Å²) in [6.07, 6.45) is 6.02. The van der Waals surface area contributed by atoms with Crippen molar-refractivity contribution >= 4 is 16.2 Å². The molecule has 2 amide bonds. The van der Waals surface area contributed by atoms with Crippen LogP contribution < -0.4 is 11.1 Å². The third-order valence-corrected chi connectivity index (χ3v) is 5.55. The second kappa shape index (κ2) is 9.22. The lowest BCUT2D eigenvalue weighted by atomic mass is 10.2. The zero-order chi connectivity index (χ0) is 15.7. The average molecular weight is 320 g/mol. The van der Waals surface area contributed by atoms with Crippen molar-refractivity contribution < 1.29 is 13.2 Å². The van der Waals surface area contributed by atoms with Gasteiger partial charge in [0.05, 0.1) is 6.54 Å². The van der Waals surface area contributed by atoms with Crippen LogP contribution in [0.2, 0.25) is 0 Å². The van der Waals surface area contributed by atoms with Crippen LogP contribution in [0.1, 0.15) is 45.4 Å². The number of hydrogen-bond acceptors (Lipinski definition) is 4. The van der Waals surface area contributed by atoms with E-state index in [1.54, 1.807) is 0 Å². The summed E-state index contributed by atoms with van der Waals surface area (Å²) in [4.78, 5) is 11.5. The van der Waals surface area contributed by atoms with E-state index in [4.69, 9.17) is 5.73 Å². The predicted molar refractivity (Wildman–Crippen MR) is 83.0 cm³/mol. The zero-order valence-electron chi connectivity index (χ0n) is 12.9. The molecule has 0 aliphatic carbocycles. The molecule has 0 unspecified atom stereocenters. The van der Waals surface area contributed by atoms with Crippen molar-refractivity contribution in [3.63, 3.8) is 0 Å². The fraction of sp³-hybridized carbons (Fsp3) is 0.923. The summed E-state index contributed by atoms with van der Waals surface area (Å²) in [7, 11) is -3.77. The molecular formula is C13H28N4O3S. The van der Waals surface area contributed by atoms with Gasteiger partial charge in [-0.1, -0.05) is 26.2 Å². The largest absolute Gasteiger partial charge is 0.351 e. The highest BCUT2D eigenvalue weighted by molar-refractivity contribution is 7.87. The molecule has 0 aromatic heterocycles. The van der Waals surface area contributed by atoms with Gasteiger partial charge in [-0.05, 0) is 25.8 Å². The highest BCUT2D eigenvalue weighted by Crippen LogP contribution is 2.16. The van der Waals surface area contributed by atoms with Crippen molar-refractivity contribution in [3.8, 4) is 0 Å². The lowest BCUT2D eigenvalue weighted by molar-refractivity contribution is 0.227. The van der Waals surface area contributed by atoms with E-state index < -0.39 is 16.2 Å². The highest BCUT2D eigenvalue weighted by Gasteiger charge is 2.32. The molecule has 8 heteroatoms. The van der Waals surface area contributed by atoms with Crippen LogP contribution >= 0.6 is 0 Å².